The molecule has 112 valence electrons. The second-order valence-corrected chi connectivity index (χ2v) is 5.66. The number of esters is 1. The first kappa shape index (κ1) is 15.1. The molecule has 0 aliphatic heterocycles. The predicted octanol–water partition coefficient (Wildman–Crippen LogP) is -0.145. The fourth-order valence-corrected chi connectivity index (χ4v) is 2.47. The van der Waals surface area contributed by atoms with Crippen LogP contribution in [-0.2, 0) is 21.3 Å². The summed E-state index contributed by atoms with van der Waals surface area (Å²) in [5, 5.41) is 12.8. The summed E-state index contributed by atoms with van der Waals surface area (Å²) in [5.41, 5.74) is 0.286. The summed E-state index contributed by atoms with van der Waals surface area (Å²) in [6.45, 7) is 1.86. The van der Waals surface area contributed by atoms with Crippen LogP contribution < -0.4 is 4.72 Å². The van der Waals surface area contributed by atoms with E-state index >= 15 is 0 Å². The number of aromatic nitrogens is 4. The number of hydrogen-bond donors (Lipinski definition) is 2. The lowest BCUT2D eigenvalue weighted by Crippen LogP contribution is -2.24. The van der Waals surface area contributed by atoms with Crippen LogP contribution in [0.15, 0.2) is 29.2 Å². The van der Waals surface area contributed by atoms with Gasteiger partial charge < -0.3 is 4.74 Å². The van der Waals surface area contributed by atoms with Crippen molar-refractivity contribution in [3.63, 3.8) is 0 Å². The molecule has 0 amide bonds. The van der Waals surface area contributed by atoms with Gasteiger partial charge in [-0.15, -0.1) is 10.2 Å². The number of rotatable bonds is 6. The van der Waals surface area contributed by atoms with E-state index in [4.69, 9.17) is 4.74 Å². The van der Waals surface area contributed by atoms with E-state index in [2.05, 4.69) is 25.3 Å². The van der Waals surface area contributed by atoms with E-state index in [1.165, 1.54) is 24.3 Å². The third-order valence-corrected chi connectivity index (χ3v) is 3.90. The highest BCUT2D eigenvalue weighted by Crippen LogP contribution is 2.11. The van der Waals surface area contributed by atoms with Crippen molar-refractivity contribution in [3.8, 4) is 0 Å². The molecule has 0 unspecified atom stereocenters. The topological polar surface area (TPSA) is 127 Å². The Morgan fingerprint density at radius 2 is 2.05 bits per heavy atom. The van der Waals surface area contributed by atoms with Crippen molar-refractivity contribution in [1.82, 2.24) is 25.3 Å². The normalized spacial score (nSPS) is 11.3. The van der Waals surface area contributed by atoms with Crippen molar-refractivity contribution in [2.24, 2.45) is 0 Å². The molecule has 10 heteroatoms. The van der Waals surface area contributed by atoms with Gasteiger partial charge in [-0.25, -0.2) is 17.9 Å². The Balaban J connectivity index is 2.08. The molecular formula is C11H13N5O4S. The Morgan fingerprint density at radius 3 is 2.62 bits per heavy atom. The van der Waals surface area contributed by atoms with Gasteiger partial charge in [-0.05, 0) is 31.2 Å². The molecule has 1 heterocycles. The van der Waals surface area contributed by atoms with Crippen molar-refractivity contribution in [2.75, 3.05) is 6.61 Å². The molecule has 0 saturated heterocycles. The summed E-state index contributed by atoms with van der Waals surface area (Å²) in [5.74, 6) is -0.275. The quantitative estimate of drug-likeness (QED) is 0.710. The third-order valence-electron chi connectivity index (χ3n) is 2.49. The van der Waals surface area contributed by atoms with Gasteiger partial charge >= 0.3 is 5.97 Å². The molecule has 0 spiro atoms. The minimum Gasteiger partial charge on any atom is -0.462 e. The van der Waals surface area contributed by atoms with Crippen LogP contribution >= 0.6 is 0 Å². The van der Waals surface area contributed by atoms with E-state index in [0.717, 1.165) is 0 Å². The summed E-state index contributed by atoms with van der Waals surface area (Å²) in [6.07, 6.45) is 0. The number of aromatic amines is 1. The van der Waals surface area contributed by atoms with Gasteiger partial charge in [-0.2, -0.15) is 5.21 Å². The Morgan fingerprint density at radius 1 is 1.33 bits per heavy atom. The zero-order valence-electron chi connectivity index (χ0n) is 11.1. The summed E-state index contributed by atoms with van der Waals surface area (Å²) in [6, 6.07) is 5.43. The lowest BCUT2D eigenvalue weighted by atomic mass is 10.2. The van der Waals surface area contributed by atoms with Crippen LogP contribution in [0.25, 0.3) is 0 Å². The van der Waals surface area contributed by atoms with E-state index in [1.807, 2.05) is 0 Å². The fraction of sp³-hybridized carbons (Fsp3) is 0.273. The molecule has 2 rings (SSSR count). The Kier molecular flexibility index (Phi) is 4.60. The highest BCUT2D eigenvalue weighted by Gasteiger charge is 2.16. The average Bonchev–Trinajstić information content (AvgIpc) is 2.99. The van der Waals surface area contributed by atoms with Crippen molar-refractivity contribution in [1.29, 1.82) is 0 Å². The molecule has 1 aromatic heterocycles. The SMILES string of the molecule is CCOC(=O)c1ccc(S(=O)(=O)NCc2nn[nH]n2)cc1. The van der Waals surface area contributed by atoms with E-state index in [1.54, 1.807) is 6.92 Å². The number of nitrogens with zero attached hydrogens (tertiary/aromatic N) is 3. The van der Waals surface area contributed by atoms with E-state index in [9.17, 15) is 13.2 Å². The Bertz CT molecular complexity index is 697. The van der Waals surface area contributed by atoms with E-state index in [0.29, 0.717) is 0 Å². The maximum absolute atomic E-state index is 12.0. The first-order valence-corrected chi connectivity index (χ1v) is 7.50. The molecule has 2 N–H and O–H groups in total. The van der Waals surface area contributed by atoms with Gasteiger partial charge in [0.05, 0.1) is 23.6 Å². The molecule has 2 aromatic rings. The lowest BCUT2D eigenvalue weighted by Gasteiger charge is -2.06. The standard InChI is InChI=1S/C11H13N5O4S/c1-2-20-11(17)8-3-5-9(6-4-8)21(18,19)12-7-10-13-15-16-14-10/h3-6,12H,2,7H2,1H3,(H,13,14,15,16). The van der Waals surface area contributed by atoms with Gasteiger partial charge in [-0.1, -0.05) is 5.21 Å². The highest BCUT2D eigenvalue weighted by molar-refractivity contribution is 7.89. The summed E-state index contributed by atoms with van der Waals surface area (Å²) in [7, 11) is -3.71. The fourth-order valence-electron chi connectivity index (χ4n) is 1.48. The van der Waals surface area contributed by atoms with Gasteiger partial charge in [0.15, 0.2) is 5.82 Å². The first-order valence-electron chi connectivity index (χ1n) is 6.02. The molecule has 0 saturated carbocycles. The molecule has 0 fully saturated rings. The van der Waals surface area contributed by atoms with Crippen LogP contribution in [-0.4, -0.2) is 41.6 Å². The first-order chi connectivity index (χ1) is 10.0. The maximum Gasteiger partial charge on any atom is 0.338 e. The zero-order valence-corrected chi connectivity index (χ0v) is 11.9. The monoisotopic (exact) mass is 311 g/mol. The Labute approximate surface area is 120 Å². The smallest absolute Gasteiger partial charge is 0.338 e. The number of hydrogen-bond acceptors (Lipinski definition) is 7. The second-order valence-electron chi connectivity index (χ2n) is 3.90. The van der Waals surface area contributed by atoms with Crippen LogP contribution in [0.4, 0.5) is 0 Å². The molecule has 9 nitrogen and oxygen atoms in total. The largest absolute Gasteiger partial charge is 0.462 e. The number of carbonyl (C=O) groups excluding carboxylic acids is 1. The number of tetrazole rings is 1. The Hall–Kier alpha value is -2.33. The lowest BCUT2D eigenvalue weighted by molar-refractivity contribution is 0.0526. The summed E-state index contributed by atoms with van der Waals surface area (Å²) < 4.78 is 31.2. The number of H-pyrrole nitrogens is 1. The van der Waals surface area contributed by atoms with E-state index < -0.39 is 16.0 Å². The van der Waals surface area contributed by atoms with Crippen LogP contribution in [0, 0.1) is 0 Å². The molecule has 21 heavy (non-hydrogen) atoms. The van der Waals surface area contributed by atoms with E-state index in [-0.39, 0.29) is 29.4 Å². The zero-order chi connectivity index (χ0) is 15.3. The molecule has 0 radical (unpaired) electrons. The van der Waals surface area contributed by atoms with Crippen molar-refractivity contribution in [3.05, 3.63) is 35.7 Å². The van der Waals surface area contributed by atoms with Crippen LogP contribution in [0.3, 0.4) is 0 Å². The molecule has 0 aliphatic carbocycles. The number of benzene rings is 1. The molecule has 0 atom stereocenters. The predicted molar refractivity (Wildman–Crippen MR) is 70.6 cm³/mol. The maximum atomic E-state index is 12.0. The number of nitrogens with one attached hydrogen (secondary N) is 2. The second kappa shape index (κ2) is 6.41. The van der Waals surface area contributed by atoms with Gasteiger partial charge in [0, 0.05) is 0 Å². The van der Waals surface area contributed by atoms with Crippen LogP contribution in [0.2, 0.25) is 0 Å². The van der Waals surface area contributed by atoms with Gasteiger partial charge in [-0.3, -0.25) is 0 Å². The molecular weight excluding hydrogens is 298 g/mol. The summed E-state index contributed by atoms with van der Waals surface area (Å²) >= 11 is 0. The van der Waals surface area contributed by atoms with Crippen molar-refractivity contribution >= 4 is 16.0 Å². The average molecular weight is 311 g/mol. The van der Waals surface area contributed by atoms with Crippen molar-refractivity contribution < 1.29 is 17.9 Å². The van der Waals surface area contributed by atoms with Crippen LogP contribution in [0.1, 0.15) is 23.1 Å². The third kappa shape index (κ3) is 3.83. The molecule has 1 aromatic carbocycles. The van der Waals surface area contributed by atoms with Gasteiger partial charge in [0.25, 0.3) is 0 Å². The van der Waals surface area contributed by atoms with Crippen LogP contribution in [0.5, 0.6) is 0 Å². The number of carbonyl (C=O) groups is 1. The molecule has 0 bridgehead atoms. The molecule has 0 aliphatic rings. The summed E-state index contributed by atoms with van der Waals surface area (Å²) in [4.78, 5) is 11.5. The highest BCUT2D eigenvalue weighted by atomic mass is 32.2. The van der Waals surface area contributed by atoms with Crippen molar-refractivity contribution in [2.45, 2.75) is 18.4 Å². The number of ether oxygens (including phenoxy) is 1. The number of sulfonamides is 1. The minimum atomic E-state index is -3.71. The van der Waals surface area contributed by atoms with Gasteiger partial charge in [0.2, 0.25) is 10.0 Å². The van der Waals surface area contributed by atoms with Gasteiger partial charge in [0.1, 0.15) is 0 Å². The minimum absolute atomic E-state index is 0.0269.